The zero-order valence-corrected chi connectivity index (χ0v) is 10.3. The van der Waals surface area contributed by atoms with Crippen molar-refractivity contribution < 1.29 is 9.53 Å². The molecule has 0 spiro atoms. The summed E-state index contributed by atoms with van der Waals surface area (Å²) in [6.07, 6.45) is 0.961. The third-order valence-corrected chi connectivity index (χ3v) is 3.40. The van der Waals surface area contributed by atoms with Crippen molar-refractivity contribution in [2.75, 3.05) is 19.7 Å². The van der Waals surface area contributed by atoms with Gasteiger partial charge < -0.3 is 4.74 Å². The molecule has 3 atom stereocenters. The number of rotatable bonds is 4. The average molecular weight is 213 g/mol. The second-order valence-corrected chi connectivity index (χ2v) is 4.51. The normalized spacial score (nSPS) is 30.5. The number of carbonyl (C=O) groups is 1. The first-order valence-electron chi connectivity index (χ1n) is 5.94. The molecule has 1 fully saturated rings. The molecule has 0 amide bonds. The fraction of sp³-hybridized carbons (Fsp3) is 0.917. The Labute approximate surface area is 92.8 Å². The Morgan fingerprint density at radius 3 is 2.80 bits per heavy atom. The lowest BCUT2D eigenvalue weighted by atomic mass is 9.90. The van der Waals surface area contributed by atoms with Crippen LogP contribution in [-0.2, 0) is 9.53 Å². The number of carbonyl (C=O) groups excluding carboxylic acids is 1. The topological polar surface area (TPSA) is 29.5 Å². The molecule has 0 aromatic carbocycles. The van der Waals surface area contributed by atoms with Crippen molar-refractivity contribution >= 4 is 5.78 Å². The van der Waals surface area contributed by atoms with Crippen LogP contribution in [0.15, 0.2) is 0 Å². The van der Waals surface area contributed by atoms with Gasteiger partial charge in [0.15, 0.2) is 0 Å². The number of hydrogen-bond acceptors (Lipinski definition) is 3. The summed E-state index contributed by atoms with van der Waals surface area (Å²) in [5, 5.41) is 0. The van der Waals surface area contributed by atoms with Crippen LogP contribution in [0.3, 0.4) is 0 Å². The highest BCUT2D eigenvalue weighted by atomic mass is 16.5. The molecule has 0 radical (unpaired) electrons. The molecular formula is C12H23NO2. The Bertz CT molecular complexity index is 218. The number of ether oxygens (including phenoxy) is 1. The standard InChI is InChI=1S/C12H23NO2/c1-5-15-9(2)8-13-7-6-12(14)10(3)11(13)4/h9-11H,5-8H2,1-4H3. The molecule has 1 rings (SSSR count). The van der Waals surface area contributed by atoms with Crippen molar-refractivity contribution in [3.8, 4) is 0 Å². The van der Waals surface area contributed by atoms with E-state index in [-0.39, 0.29) is 12.0 Å². The minimum absolute atomic E-state index is 0.174. The van der Waals surface area contributed by atoms with Crippen LogP contribution in [0.2, 0.25) is 0 Å². The SMILES string of the molecule is CCOC(C)CN1CCC(=O)C(C)C1C. The fourth-order valence-electron chi connectivity index (χ4n) is 2.20. The molecule has 1 aliphatic heterocycles. The van der Waals surface area contributed by atoms with E-state index in [0.29, 0.717) is 18.2 Å². The predicted octanol–water partition coefficient (Wildman–Crippen LogP) is 1.71. The van der Waals surface area contributed by atoms with E-state index in [1.54, 1.807) is 0 Å². The van der Waals surface area contributed by atoms with Gasteiger partial charge in [-0.3, -0.25) is 9.69 Å². The van der Waals surface area contributed by atoms with E-state index in [4.69, 9.17) is 4.74 Å². The summed E-state index contributed by atoms with van der Waals surface area (Å²) in [7, 11) is 0. The van der Waals surface area contributed by atoms with E-state index in [1.807, 2.05) is 13.8 Å². The largest absolute Gasteiger partial charge is 0.377 e. The Hall–Kier alpha value is -0.410. The summed E-state index contributed by atoms with van der Waals surface area (Å²) in [4.78, 5) is 13.9. The molecule has 0 saturated carbocycles. The van der Waals surface area contributed by atoms with Gasteiger partial charge in [0.25, 0.3) is 0 Å². The van der Waals surface area contributed by atoms with Crippen molar-refractivity contribution in [2.45, 2.75) is 46.3 Å². The molecule has 1 saturated heterocycles. The minimum Gasteiger partial charge on any atom is -0.377 e. The lowest BCUT2D eigenvalue weighted by Crippen LogP contribution is -2.49. The van der Waals surface area contributed by atoms with Gasteiger partial charge in [0.1, 0.15) is 5.78 Å². The van der Waals surface area contributed by atoms with Crippen molar-refractivity contribution in [1.29, 1.82) is 0 Å². The molecule has 0 N–H and O–H groups in total. The zero-order valence-electron chi connectivity index (χ0n) is 10.3. The molecule has 0 aromatic heterocycles. The average Bonchev–Trinajstić information content (AvgIpc) is 2.20. The first-order valence-corrected chi connectivity index (χ1v) is 5.94. The minimum atomic E-state index is 0.174. The maximum Gasteiger partial charge on any atom is 0.138 e. The van der Waals surface area contributed by atoms with Gasteiger partial charge in [-0.15, -0.1) is 0 Å². The Morgan fingerprint density at radius 1 is 1.53 bits per heavy atom. The van der Waals surface area contributed by atoms with E-state index >= 15 is 0 Å². The maximum absolute atomic E-state index is 11.5. The molecule has 1 heterocycles. The van der Waals surface area contributed by atoms with Gasteiger partial charge in [0, 0.05) is 38.1 Å². The van der Waals surface area contributed by atoms with Crippen molar-refractivity contribution in [1.82, 2.24) is 4.90 Å². The number of ketones is 1. The lowest BCUT2D eigenvalue weighted by Gasteiger charge is -2.38. The Balaban J connectivity index is 2.45. The molecule has 88 valence electrons. The highest BCUT2D eigenvalue weighted by Gasteiger charge is 2.31. The van der Waals surface area contributed by atoms with Crippen molar-refractivity contribution in [3.05, 3.63) is 0 Å². The Kier molecular flexibility index (Phi) is 4.74. The van der Waals surface area contributed by atoms with Crippen LogP contribution in [-0.4, -0.2) is 42.5 Å². The summed E-state index contributed by atoms with van der Waals surface area (Å²) in [5.41, 5.74) is 0. The highest BCUT2D eigenvalue weighted by molar-refractivity contribution is 5.82. The van der Waals surface area contributed by atoms with E-state index in [0.717, 1.165) is 19.7 Å². The molecular weight excluding hydrogens is 190 g/mol. The highest BCUT2D eigenvalue weighted by Crippen LogP contribution is 2.20. The van der Waals surface area contributed by atoms with Crippen LogP contribution in [0.1, 0.15) is 34.1 Å². The molecule has 0 aromatic rings. The number of Topliss-reactive ketones (excluding diaryl/α,β-unsaturated/α-hetero) is 1. The third kappa shape index (κ3) is 3.28. The first-order chi connectivity index (χ1) is 7.06. The molecule has 15 heavy (non-hydrogen) atoms. The smallest absolute Gasteiger partial charge is 0.138 e. The lowest BCUT2D eigenvalue weighted by molar-refractivity contribution is -0.128. The summed E-state index contributed by atoms with van der Waals surface area (Å²) in [6, 6.07) is 0.356. The third-order valence-electron chi connectivity index (χ3n) is 3.40. The van der Waals surface area contributed by atoms with Crippen LogP contribution in [0.25, 0.3) is 0 Å². The predicted molar refractivity (Wildman–Crippen MR) is 60.9 cm³/mol. The van der Waals surface area contributed by atoms with Crippen LogP contribution < -0.4 is 0 Å². The second-order valence-electron chi connectivity index (χ2n) is 4.51. The van der Waals surface area contributed by atoms with E-state index < -0.39 is 0 Å². The molecule has 3 heteroatoms. The van der Waals surface area contributed by atoms with Gasteiger partial charge in [-0.2, -0.15) is 0 Å². The Morgan fingerprint density at radius 2 is 2.20 bits per heavy atom. The summed E-state index contributed by atoms with van der Waals surface area (Å²) < 4.78 is 5.53. The number of likely N-dealkylation sites (tertiary alicyclic amines) is 1. The second kappa shape index (κ2) is 5.61. The van der Waals surface area contributed by atoms with Crippen LogP contribution >= 0.6 is 0 Å². The number of nitrogens with zero attached hydrogens (tertiary/aromatic N) is 1. The number of hydrogen-bond donors (Lipinski definition) is 0. The monoisotopic (exact) mass is 213 g/mol. The maximum atomic E-state index is 11.5. The molecule has 0 aliphatic carbocycles. The van der Waals surface area contributed by atoms with Gasteiger partial charge in [0.05, 0.1) is 6.10 Å². The quantitative estimate of drug-likeness (QED) is 0.712. The van der Waals surface area contributed by atoms with Crippen molar-refractivity contribution in [2.24, 2.45) is 5.92 Å². The molecule has 1 aliphatic rings. The van der Waals surface area contributed by atoms with Crippen LogP contribution in [0, 0.1) is 5.92 Å². The molecule has 3 nitrogen and oxygen atoms in total. The summed E-state index contributed by atoms with van der Waals surface area (Å²) in [6.45, 7) is 10.9. The van der Waals surface area contributed by atoms with Gasteiger partial charge in [-0.05, 0) is 20.8 Å². The fourth-order valence-corrected chi connectivity index (χ4v) is 2.20. The number of piperidine rings is 1. The van der Waals surface area contributed by atoms with Gasteiger partial charge in [-0.1, -0.05) is 6.92 Å². The van der Waals surface area contributed by atoms with E-state index in [1.165, 1.54) is 0 Å². The van der Waals surface area contributed by atoms with Gasteiger partial charge in [0.2, 0.25) is 0 Å². The summed E-state index contributed by atoms with van der Waals surface area (Å²) >= 11 is 0. The van der Waals surface area contributed by atoms with Crippen LogP contribution in [0.5, 0.6) is 0 Å². The molecule has 3 unspecified atom stereocenters. The van der Waals surface area contributed by atoms with Crippen molar-refractivity contribution in [3.63, 3.8) is 0 Å². The first kappa shape index (κ1) is 12.7. The van der Waals surface area contributed by atoms with Gasteiger partial charge >= 0.3 is 0 Å². The van der Waals surface area contributed by atoms with Crippen LogP contribution in [0.4, 0.5) is 0 Å². The zero-order chi connectivity index (χ0) is 11.4. The van der Waals surface area contributed by atoms with E-state index in [2.05, 4.69) is 18.7 Å². The summed E-state index contributed by atoms with van der Waals surface area (Å²) in [5.74, 6) is 0.579. The van der Waals surface area contributed by atoms with Gasteiger partial charge in [-0.25, -0.2) is 0 Å². The van der Waals surface area contributed by atoms with E-state index in [9.17, 15) is 4.79 Å². The molecule has 0 bridgehead atoms.